The van der Waals surface area contributed by atoms with Gasteiger partial charge >= 0.3 is 11.9 Å². The fourth-order valence-electron chi connectivity index (χ4n) is 0.247. The largest absolute Gasteiger partial charge is 0.478 e. The molecule has 3 N–H and O–H groups in total. The van der Waals surface area contributed by atoms with Crippen LogP contribution >= 0.6 is 21.4 Å². The summed E-state index contributed by atoms with van der Waals surface area (Å²) in [5, 5.41) is 23.2. The van der Waals surface area contributed by atoms with Crippen LogP contribution in [0.5, 0.6) is 0 Å². The maximum atomic E-state index is 9.86. The number of carboxylic acids is 2. The molecule has 0 fully saturated rings. The van der Waals surface area contributed by atoms with Gasteiger partial charge in [0.25, 0.3) is 0 Å². The molecule has 9 heteroatoms. The number of aliphatic hydroxyl groups excluding tert-OH is 1. The highest BCUT2D eigenvalue weighted by Crippen LogP contribution is 1.89. The molecule has 0 bridgehead atoms. The van der Waals surface area contributed by atoms with Crippen molar-refractivity contribution in [1.82, 2.24) is 0 Å². The van der Waals surface area contributed by atoms with Crippen molar-refractivity contribution in [2.75, 3.05) is 7.11 Å². The predicted octanol–water partition coefficient (Wildman–Crippen LogP) is 4.00. The third-order valence-electron chi connectivity index (χ3n) is 1.54. The van der Waals surface area contributed by atoms with Gasteiger partial charge in [-0.25, -0.2) is 13.8 Å². The van der Waals surface area contributed by atoms with Gasteiger partial charge in [-0.3, -0.25) is 0 Å². The van der Waals surface area contributed by atoms with E-state index in [1.54, 1.807) is 39.8 Å². The van der Waals surface area contributed by atoms with Gasteiger partial charge in [0.1, 0.15) is 0 Å². The van der Waals surface area contributed by atoms with Crippen LogP contribution in [-0.2, 0) is 18.8 Å². The topological polar surface area (TPSA) is 112 Å². The number of allylic oxidation sites excluding steroid dienone is 2. The van der Waals surface area contributed by atoms with Crippen LogP contribution < -0.4 is 0 Å². The van der Waals surface area contributed by atoms with Gasteiger partial charge in [-0.05, 0) is 27.7 Å². The smallest absolute Gasteiger partial charge is 0.330 e. The molecule has 0 rings (SSSR count). The molecule has 0 aliphatic rings. The van der Waals surface area contributed by atoms with E-state index in [0.717, 1.165) is 7.11 Å². The average Bonchev–Trinajstić information content (AvgIpc) is 2.38. The molecule has 0 heterocycles. The van der Waals surface area contributed by atoms with E-state index in [0.29, 0.717) is 11.1 Å². The molecular weight excluding hydrogens is 355 g/mol. The predicted molar refractivity (Wildman–Crippen MR) is 95.6 cm³/mol. The van der Waals surface area contributed by atoms with Crippen LogP contribution in [-0.4, -0.2) is 38.6 Å². The Balaban J connectivity index is -0.0000000407. The number of carbonyl (C=O) groups is 2. The second-order valence-corrected chi connectivity index (χ2v) is 5.26. The number of aliphatic carboxylic acids is 2. The van der Waals surface area contributed by atoms with Crippen molar-refractivity contribution in [3.05, 3.63) is 23.3 Å². The van der Waals surface area contributed by atoms with Gasteiger partial charge in [0.15, 0.2) is 0 Å². The van der Waals surface area contributed by atoms with Crippen LogP contribution in [0.15, 0.2) is 23.3 Å². The minimum atomic E-state index is -1.67. The highest BCUT2D eigenvalue weighted by atomic mass is 36.0. The minimum Gasteiger partial charge on any atom is -0.478 e. The van der Waals surface area contributed by atoms with E-state index in [-0.39, 0.29) is 14.9 Å². The lowest BCUT2D eigenvalue weighted by molar-refractivity contribution is -0.133. The number of aliphatic hydroxyl groups is 1. The summed E-state index contributed by atoms with van der Waals surface area (Å²) in [5.74, 6) is -1.69. The summed E-state index contributed by atoms with van der Waals surface area (Å²) in [7, 11) is 8.36. The molecule has 0 saturated carbocycles. The van der Waals surface area contributed by atoms with E-state index in [4.69, 9.17) is 19.5 Å². The average molecular weight is 383 g/mol. The van der Waals surface area contributed by atoms with Crippen LogP contribution in [0.1, 0.15) is 42.5 Å². The first-order chi connectivity index (χ1) is 9.09. The second kappa shape index (κ2) is 28.3. The van der Waals surface area contributed by atoms with Crippen LogP contribution in [0.4, 0.5) is 0 Å². The van der Waals surface area contributed by atoms with Crippen LogP contribution in [0.2, 0.25) is 0 Å². The number of hydrogen-bond donors (Lipinski definition) is 3. The number of carboxylic acid groups (broad SMARTS) is 2. The summed E-state index contributed by atoms with van der Waals surface area (Å²) in [6.07, 6.45) is 3.12. The number of rotatable bonds is 2. The number of hydrogen-bond acceptors (Lipinski definition) is 4. The summed E-state index contributed by atoms with van der Waals surface area (Å²) < 4.78 is 9.09. The molecule has 0 atom stereocenters. The van der Waals surface area contributed by atoms with Crippen LogP contribution in [0.3, 0.4) is 0 Å². The van der Waals surface area contributed by atoms with E-state index < -0.39 is 21.2 Å². The fraction of sp³-hybridized carbons (Fsp3) is 0.538. The molecule has 0 radical (unpaired) electrons. The summed E-state index contributed by atoms with van der Waals surface area (Å²) in [6, 6.07) is 0. The molecule has 0 aliphatic heterocycles. The van der Waals surface area contributed by atoms with Crippen molar-refractivity contribution in [3.8, 4) is 0 Å². The molecular formula is C13H28Cl2O6S. The normalized spacial score (nSPS) is 9.14. The summed E-state index contributed by atoms with van der Waals surface area (Å²) in [5.41, 5.74) is 0.778. The van der Waals surface area contributed by atoms with E-state index in [2.05, 4.69) is 21.4 Å². The van der Waals surface area contributed by atoms with E-state index in [1.807, 2.05) is 0 Å². The Labute approximate surface area is 144 Å². The summed E-state index contributed by atoms with van der Waals surface area (Å²) >= 11 is 0. The second-order valence-electron chi connectivity index (χ2n) is 2.74. The Hall–Kier alpha value is -0.890. The zero-order valence-electron chi connectivity index (χ0n) is 11.9. The molecule has 136 valence electrons. The summed E-state index contributed by atoms with van der Waals surface area (Å²) in [6.45, 7) is 6.51. The van der Waals surface area contributed by atoms with E-state index in [9.17, 15) is 9.59 Å². The monoisotopic (exact) mass is 382 g/mol. The molecule has 0 aromatic rings. The first kappa shape index (κ1) is 37.4. The Morgan fingerprint density at radius 1 is 0.864 bits per heavy atom. The van der Waals surface area contributed by atoms with Crippen molar-refractivity contribution in [1.29, 1.82) is 0 Å². The molecule has 0 aromatic heterocycles. The highest BCUT2D eigenvalue weighted by molar-refractivity contribution is 8.26. The standard InChI is InChI=1S/2C5H8O2.CH4O.2CH4.Cl2OS/c2*1-3-4(2)5(6)7;1-2;;;1-4(2)3/h2*3H,1-2H3,(H,6,7);2H,1H3;2*1H4;/b2*4-3+;;;;. The molecule has 22 heavy (non-hydrogen) atoms. The quantitative estimate of drug-likeness (QED) is 0.491. The number of halogens is 2. The van der Waals surface area contributed by atoms with Gasteiger partial charge in [0.2, 0.25) is 9.23 Å². The Morgan fingerprint density at radius 3 is 1.00 bits per heavy atom. The molecule has 0 spiro atoms. The van der Waals surface area contributed by atoms with Gasteiger partial charge < -0.3 is 15.3 Å². The Morgan fingerprint density at radius 2 is 1.00 bits per heavy atom. The van der Waals surface area contributed by atoms with Crippen LogP contribution in [0, 0.1) is 0 Å². The van der Waals surface area contributed by atoms with E-state index >= 15 is 0 Å². The molecule has 0 aromatic carbocycles. The highest BCUT2D eigenvalue weighted by Gasteiger charge is 1.93. The van der Waals surface area contributed by atoms with Crippen molar-refractivity contribution >= 4 is 42.5 Å². The molecule has 0 aliphatic carbocycles. The third kappa shape index (κ3) is 50.8. The maximum absolute atomic E-state index is 9.86. The maximum Gasteiger partial charge on any atom is 0.330 e. The van der Waals surface area contributed by atoms with Crippen molar-refractivity contribution in [2.45, 2.75) is 42.5 Å². The first-order valence-electron chi connectivity index (χ1n) is 5.01. The van der Waals surface area contributed by atoms with Crippen molar-refractivity contribution in [2.24, 2.45) is 0 Å². The summed E-state index contributed by atoms with van der Waals surface area (Å²) in [4.78, 5) is 19.7. The van der Waals surface area contributed by atoms with Crippen molar-refractivity contribution < 1.29 is 29.1 Å². The minimum absolute atomic E-state index is 0. The van der Waals surface area contributed by atoms with Crippen LogP contribution in [0.25, 0.3) is 0 Å². The van der Waals surface area contributed by atoms with Gasteiger partial charge in [-0.2, -0.15) is 0 Å². The molecule has 0 saturated heterocycles. The zero-order valence-corrected chi connectivity index (χ0v) is 14.2. The first-order valence-corrected chi connectivity index (χ1v) is 7.81. The lowest BCUT2D eigenvalue weighted by Crippen LogP contribution is -1.93. The Kier molecular flexibility index (Phi) is 48.1. The van der Waals surface area contributed by atoms with E-state index in [1.165, 1.54) is 0 Å². The van der Waals surface area contributed by atoms with Crippen molar-refractivity contribution in [3.63, 3.8) is 0 Å². The lowest BCUT2D eigenvalue weighted by Gasteiger charge is -1.84. The Bertz CT molecular complexity index is 322. The SMILES string of the molecule is C.C.C/C=C(\C)C(=O)O.C/C=C(\C)C(=O)O.CO.O=S(Cl)Cl. The molecule has 0 unspecified atom stereocenters. The van der Waals surface area contributed by atoms with Gasteiger partial charge in [0.05, 0.1) is 0 Å². The lowest BCUT2D eigenvalue weighted by atomic mass is 10.3. The van der Waals surface area contributed by atoms with Gasteiger partial charge in [0, 0.05) is 39.6 Å². The molecule has 6 nitrogen and oxygen atoms in total. The van der Waals surface area contributed by atoms with Gasteiger partial charge in [-0.15, -0.1) is 0 Å². The zero-order chi connectivity index (χ0) is 17.3. The van der Waals surface area contributed by atoms with Gasteiger partial charge in [-0.1, -0.05) is 27.0 Å². The third-order valence-corrected chi connectivity index (χ3v) is 1.54. The molecule has 0 amide bonds. The fourth-order valence-corrected chi connectivity index (χ4v) is 0.247.